The summed E-state index contributed by atoms with van der Waals surface area (Å²) in [7, 11) is 0. The highest BCUT2D eigenvalue weighted by atomic mass is 16.4. The Kier molecular flexibility index (Phi) is 6.09. The molecule has 0 atom stereocenters. The second kappa shape index (κ2) is 11.2. The summed E-state index contributed by atoms with van der Waals surface area (Å²) in [5.41, 5.74) is 10.6. The van der Waals surface area contributed by atoms with Crippen molar-refractivity contribution in [2.24, 2.45) is 0 Å². The van der Waals surface area contributed by atoms with Gasteiger partial charge in [0, 0.05) is 21.5 Å². The standard InChI is InChI=1S/C52H30O2/c1-2-14-35-32(12-1)13-11-22-36(35)48-39-17-5-3-15-37(39)47(38-16-4-6-18-40(38)48)33-26-24-31(25-27-33)34-28-29-46-44(30-34)50-42-20-8-7-19-41(42)49-43-21-9-10-23-45(43)53-51(49)52(50)54-46/h1-30H. The highest BCUT2D eigenvalue weighted by Gasteiger charge is 2.22. The molecule has 12 aromatic rings. The van der Waals surface area contributed by atoms with Crippen LogP contribution in [-0.4, -0.2) is 0 Å². The van der Waals surface area contributed by atoms with Gasteiger partial charge in [-0.3, -0.25) is 0 Å². The summed E-state index contributed by atoms with van der Waals surface area (Å²) in [6.45, 7) is 0. The van der Waals surface area contributed by atoms with E-state index in [0.717, 1.165) is 55.0 Å². The van der Waals surface area contributed by atoms with Crippen molar-refractivity contribution >= 4 is 87.0 Å². The number of furan rings is 2. The lowest BCUT2D eigenvalue weighted by Gasteiger charge is -2.19. The van der Waals surface area contributed by atoms with E-state index >= 15 is 0 Å². The van der Waals surface area contributed by atoms with E-state index in [4.69, 9.17) is 8.83 Å². The Bertz CT molecular complexity index is 3430. The number of fused-ring (bicyclic) bond motifs is 13. The van der Waals surface area contributed by atoms with Crippen LogP contribution in [0.25, 0.3) is 120 Å². The van der Waals surface area contributed by atoms with Crippen molar-refractivity contribution in [3.8, 4) is 33.4 Å². The molecule has 0 spiro atoms. The van der Waals surface area contributed by atoms with Crippen LogP contribution >= 0.6 is 0 Å². The quantitative estimate of drug-likeness (QED) is 0.173. The molecule has 2 heterocycles. The molecule has 0 amide bonds. The lowest BCUT2D eigenvalue weighted by Crippen LogP contribution is -1.91. The van der Waals surface area contributed by atoms with Crippen LogP contribution in [-0.2, 0) is 0 Å². The molecule has 0 aliphatic heterocycles. The van der Waals surface area contributed by atoms with Gasteiger partial charge >= 0.3 is 0 Å². The summed E-state index contributed by atoms with van der Waals surface area (Å²) in [6.07, 6.45) is 0. The number of hydrogen-bond acceptors (Lipinski definition) is 2. The smallest absolute Gasteiger partial charge is 0.179 e. The van der Waals surface area contributed by atoms with Gasteiger partial charge in [-0.2, -0.15) is 0 Å². The van der Waals surface area contributed by atoms with Crippen LogP contribution in [0.1, 0.15) is 0 Å². The van der Waals surface area contributed by atoms with Gasteiger partial charge in [0.15, 0.2) is 11.2 Å². The van der Waals surface area contributed by atoms with Crippen LogP contribution in [0, 0.1) is 0 Å². The van der Waals surface area contributed by atoms with Gasteiger partial charge in [0.05, 0.1) is 0 Å². The molecule has 0 saturated heterocycles. The topological polar surface area (TPSA) is 26.3 Å². The SMILES string of the molecule is c1ccc2c(-c3c4ccccc4c(-c4ccc(-c5ccc6oc7c8oc9ccccc9c8c8ccccc8c7c6c5)cc4)c4ccccc34)cccc2c1. The van der Waals surface area contributed by atoms with E-state index in [1.165, 1.54) is 65.3 Å². The zero-order chi connectivity index (χ0) is 35.3. The first-order valence-electron chi connectivity index (χ1n) is 18.5. The first-order valence-corrected chi connectivity index (χ1v) is 18.5. The fourth-order valence-corrected chi connectivity index (χ4v) is 9.10. The van der Waals surface area contributed by atoms with Crippen LogP contribution in [0.5, 0.6) is 0 Å². The van der Waals surface area contributed by atoms with Gasteiger partial charge in [0.2, 0.25) is 0 Å². The minimum absolute atomic E-state index is 0.799. The lowest BCUT2D eigenvalue weighted by molar-refractivity contribution is 0.633. The van der Waals surface area contributed by atoms with E-state index in [2.05, 4.69) is 170 Å². The van der Waals surface area contributed by atoms with E-state index < -0.39 is 0 Å². The molecule has 54 heavy (non-hydrogen) atoms. The summed E-state index contributed by atoms with van der Waals surface area (Å²) in [6, 6.07) is 65.6. The molecule has 2 aromatic heterocycles. The number of benzene rings is 10. The molecule has 0 saturated carbocycles. The molecule has 0 aliphatic carbocycles. The number of para-hydroxylation sites is 1. The zero-order valence-corrected chi connectivity index (χ0v) is 29.1. The van der Waals surface area contributed by atoms with Gasteiger partial charge in [0.1, 0.15) is 11.2 Å². The highest BCUT2D eigenvalue weighted by Crippen LogP contribution is 2.47. The Morgan fingerprint density at radius 3 is 1.41 bits per heavy atom. The molecule has 12 rings (SSSR count). The van der Waals surface area contributed by atoms with Gasteiger partial charge in [-0.05, 0) is 94.7 Å². The minimum Gasteiger partial charge on any atom is -0.452 e. The van der Waals surface area contributed by atoms with Gasteiger partial charge < -0.3 is 8.83 Å². The summed E-state index contributed by atoms with van der Waals surface area (Å²) < 4.78 is 13.1. The fourth-order valence-electron chi connectivity index (χ4n) is 9.10. The third kappa shape index (κ3) is 4.11. The lowest BCUT2D eigenvalue weighted by atomic mass is 9.84. The van der Waals surface area contributed by atoms with Gasteiger partial charge in [-0.15, -0.1) is 0 Å². The second-order valence-electron chi connectivity index (χ2n) is 14.3. The van der Waals surface area contributed by atoms with Crippen LogP contribution in [0.2, 0.25) is 0 Å². The van der Waals surface area contributed by atoms with E-state index in [9.17, 15) is 0 Å². The third-order valence-electron chi connectivity index (χ3n) is 11.5. The third-order valence-corrected chi connectivity index (χ3v) is 11.5. The van der Waals surface area contributed by atoms with Crippen molar-refractivity contribution < 1.29 is 8.83 Å². The minimum atomic E-state index is 0.799. The average Bonchev–Trinajstić information content (AvgIpc) is 3.82. The van der Waals surface area contributed by atoms with Gasteiger partial charge in [-0.1, -0.05) is 164 Å². The molecule has 0 radical (unpaired) electrons. The first kappa shape index (κ1) is 29.4. The number of rotatable bonds is 3. The Balaban J connectivity index is 1.04. The molecule has 10 aromatic carbocycles. The van der Waals surface area contributed by atoms with Gasteiger partial charge in [-0.25, -0.2) is 0 Å². The maximum Gasteiger partial charge on any atom is 0.179 e. The van der Waals surface area contributed by atoms with Crippen LogP contribution in [0.3, 0.4) is 0 Å². The van der Waals surface area contributed by atoms with Crippen LogP contribution in [0.4, 0.5) is 0 Å². The Labute approximate surface area is 310 Å². The Morgan fingerprint density at radius 2 is 0.741 bits per heavy atom. The number of hydrogen-bond donors (Lipinski definition) is 0. The van der Waals surface area contributed by atoms with E-state index in [1.807, 2.05) is 12.1 Å². The molecular weight excluding hydrogens is 657 g/mol. The molecule has 2 heteroatoms. The largest absolute Gasteiger partial charge is 0.452 e. The Hall–Kier alpha value is -7.16. The monoisotopic (exact) mass is 686 g/mol. The molecule has 0 aliphatic rings. The van der Waals surface area contributed by atoms with E-state index in [1.54, 1.807) is 0 Å². The Morgan fingerprint density at radius 1 is 0.278 bits per heavy atom. The summed E-state index contributed by atoms with van der Waals surface area (Å²) >= 11 is 0. The average molecular weight is 687 g/mol. The molecule has 2 nitrogen and oxygen atoms in total. The summed E-state index contributed by atoms with van der Waals surface area (Å²) in [4.78, 5) is 0. The highest BCUT2D eigenvalue weighted by molar-refractivity contribution is 6.33. The summed E-state index contributed by atoms with van der Waals surface area (Å²) in [5, 5.41) is 14.3. The van der Waals surface area contributed by atoms with Crippen molar-refractivity contribution in [2.45, 2.75) is 0 Å². The molecule has 0 fully saturated rings. The predicted molar refractivity (Wildman–Crippen MR) is 227 cm³/mol. The molecule has 250 valence electrons. The predicted octanol–water partition coefficient (Wildman–Crippen LogP) is 15.1. The normalized spacial score (nSPS) is 12.1. The molecule has 0 N–H and O–H groups in total. The van der Waals surface area contributed by atoms with Crippen molar-refractivity contribution in [2.75, 3.05) is 0 Å². The maximum atomic E-state index is 6.62. The first-order chi connectivity index (χ1) is 26.8. The molecule has 0 bridgehead atoms. The van der Waals surface area contributed by atoms with Crippen molar-refractivity contribution in [3.05, 3.63) is 182 Å². The molecular formula is C52H30O2. The summed E-state index contributed by atoms with van der Waals surface area (Å²) in [5.74, 6) is 0. The van der Waals surface area contributed by atoms with Crippen LogP contribution in [0.15, 0.2) is 191 Å². The second-order valence-corrected chi connectivity index (χ2v) is 14.3. The van der Waals surface area contributed by atoms with Crippen LogP contribution < -0.4 is 0 Å². The maximum absolute atomic E-state index is 6.62. The molecule has 0 unspecified atom stereocenters. The fraction of sp³-hybridized carbons (Fsp3) is 0. The zero-order valence-electron chi connectivity index (χ0n) is 29.1. The van der Waals surface area contributed by atoms with E-state index in [-0.39, 0.29) is 0 Å². The van der Waals surface area contributed by atoms with Crippen molar-refractivity contribution in [3.63, 3.8) is 0 Å². The van der Waals surface area contributed by atoms with Gasteiger partial charge in [0.25, 0.3) is 0 Å². The van der Waals surface area contributed by atoms with Crippen molar-refractivity contribution in [1.29, 1.82) is 0 Å². The van der Waals surface area contributed by atoms with E-state index in [0.29, 0.717) is 0 Å². The van der Waals surface area contributed by atoms with Crippen molar-refractivity contribution in [1.82, 2.24) is 0 Å².